The Balaban J connectivity index is 1.32. The summed E-state index contributed by atoms with van der Waals surface area (Å²) >= 11 is -1.05. The van der Waals surface area contributed by atoms with E-state index in [1.54, 1.807) is 7.11 Å². The van der Waals surface area contributed by atoms with Gasteiger partial charge in [-0.25, -0.2) is 9.98 Å². The van der Waals surface area contributed by atoms with E-state index in [1.165, 1.54) is 5.57 Å². The second kappa shape index (κ2) is 8.81. The number of aryl methyl sites for hydroxylation is 1. The molecule has 0 radical (unpaired) electrons. The van der Waals surface area contributed by atoms with Gasteiger partial charge in [0, 0.05) is 58.0 Å². The molecule has 0 aliphatic carbocycles. The maximum Gasteiger partial charge on any atom is 0.227 e. The number of hydrogen-bond acceptors (Lipinski definition) is 9. The number of methoxy groups -OCH3 is 1. The molecule has 4 aliphatic rings. The second-order valence-corrected chi connectivity index (χ2v) is 10.8. The Morgan fingerprint density at radius 3 is 2.69 bits per heavy atom. The van der Waals surface area contributed by atoms with Gasteiger partial charge in [0.25, 0.3) is 0 Å². The fourth-order valence-corrected chi connectivity index (χ4v) is 6.19. The molecule has 32 heavy (non-hydrogen) atoms. The topological polar surface area (TPSA) is 92.2 Å². The zero-order valence-corrected chi connectivity index (χ0v) is 20.2. The molecule has 4 aliphatic heterocycles. The first-order chi connectivity index (χ1) is 15.5. The van der Waals surface area contributed by atoms with Crippen LogP contribution in [0.5, 0.6) is 0 Å². The van der Waals surface area contributed by atoms with E-state index >= 15 is 0 Å². The molecule has 2 saturated heterocycles. The van der Waals surface area contributed by atoms with E-state index in [-0.39, 0.29) is 6.04 Å². The summed E-state index contributed by atoms with van der Waals surface area (Å²) in [6, 6.07) is 0.103. The molecule has 5 rings (SSSR count). The molecule has 0 spiro atoms. The predicted molar refractivity (Wildman–Crippen MR) is 127 cm³/mol. The molecule has 2 bridgehead atoms. The first kappa shape index (κ1) is 21.9. The van der Waals surface area contributed by atoms with E-state index in [4.69, 9.17) is 14.7 Å². The summed E-state index contributed by atoms with van der Waals surface area (Å²) in [7, 11) is 1.71. The van der Waals surface area contributed by atoms with Crippen molar-refractivity contribution in [3.05, 3.63) is 17.5 Å². The van der Waals surface area contributed by atoms with Crippen LogP contribution < -0.4 is 10.2 Å². The average Bonchev–Trinajstić information content (AvgIpc) is 3.14. The monoisotopic (exact) mass is 459 g/mol. The average molecular weight is 460 g/mol. The van der Waals surface area contributed by atoms with Crippen LogP contribution in [0.15, 0.2) is 21.7 Å². The number of ether oxygens (including phenoxy) is 1. The maximum absolute atomic E-state index is 12.7. The molecule has 3 unspecified atom stereocenters. The summed E-state index contributed by atoms with van der Waals surface area (Å²) < 4.78 is 18.1. The summed E-state index contributed by atoms with van der Waals surface area (Å²) in [5, 5.41) is 3.53. The minimum atomic E-state index is -1.05. The number of fused-ring (bicyclic) bond motifs is 3. The van der Waals surface area contributed by atoms with Crippen molar-refractivity contribution in [2.75, 3.05) is 62.4 Å². The number of nitrogens with one attached hydrogen (secondary N) is 1. The molecule has 2 fully saturated rings. The third kappa shape index (κ3) is 3.87. The van der Waals surface area contributed by atoms with Crippen LogP contribution in [0.2, 0.25) is 0 Å². The lowest BCUT2D eigenvalue weighted by Gasteiger charge is -2.53. The van der Waals surface area contributed by atoms with Crippen LogP contribution >= 0.6 is 0 Å². The van der Waals surface area contributed by atoms with Gasteiger partial charge in [0.1, 0.15) is 23.4 Å². The minimum Gasteiger partial charge on any atom is -0.611 e. The largest absolute Gasteiger partial charge is 0.611 e. The van der Waals surface area contributed by atoms with E-state index in [9.17, 15) is 4.55 Å². The number of aromatic nitrogens is 2. The van der Waals surface area contributed by atoms with Gasteiger partial charge in [-0.15, -0.1) is 0 Å². The van der Waals surface area contributed by atoms with E-state index in [1.807, 2.05) is 6.20 Å². The molecule has 1 N–H and O–H groups in total. The van der Waals surface area contributed by atoms with E-state index in [2.05, 4.69) is 45.8 Å². The van der Waals surface area contributed by atoms with Gasteiger partial charge >= 0.3 is 0 Å². The summed E-state index contributed by atoms with van der Waals surface area (Å²) in [5.74, 6) is 3.56. The van der Waals surface area contributed by atoms with Gasteiger partial charge in [-0.3, -0.25) is 4.90 Å². The number of hydrogen-bond donors (Lipinski definition) is 1. The molecule has 1 aromatic rings. The molecule has 3 atom stereocenters. The lowest BCUT2D eigenvalue weighted by molar-refractivity contribution is 0.0641. The number of aliphatic imine (C=N–C) groups is 1. The highest BCUT2D eigenvalue weighted by Crippen LogP contribution is 2.35. The Bertz CT molecular complexity index is 929. The Labute approximate surface area is 193 Å². The van der Waals surface area contributed by atoms with Crippen molar-refractivity contribution in [1.82, 2.24) is 19.8 Å². The molecule has 1 aromatic heterocycles. The van der Waals surface area contributed by atoms with Gasteiger partial charge in [0.15, 0.2) is 5.82 Å². The first-order valence-corrected chi connectivity index (χ1v) is 12.8. The van der Waals surface area contributed by atoms with Gasteiger partial charge in [-0.1, -0.05) is 13.8 Å². The molecule has 0 aromatic carbocycles. The van der Waals surface area contributed by atoms with Crippen molar-refractivity contribution in [2.24, 2.45) is 10.9 Å². The van der Waals surface area contributed by atoms with Crippen molar-refractivity contribution in [1.29, 1.82) is 0 Å². The van der Waals surface area contributed by atoms with Crippen LogP contribution in [0.3, 0.4) is 0 Å². The fraction of sp³-hybridized carbons (Fsp3) is 0.682. The highest BCUT2D eigenvalue weighted by molar-refractivity contribution is 7.91. The number of anilines is 2. The van der Waals surface area contributed by atoms with Crippen LogP contribution in [-0.2, 0) is 22.3 Å². The Morgan fingerprint density at radius 2 is 2.03 bits per heavy atom. The van der Waals surface area contributed by atoms with Gasteiger partial charge < -0.3 is 24.4 Å². The van der Waals surface area contributed by atoms with Gasteiger partial charge in [0.05, 0.1) is 12.6 Å². The van der Waals surface area contributed by atoms with Gasteiger partial charge in [0.2, 0.25) is 10.8 Å². The van der Waals surface area contributed by atoms with Crippen LogP contribution in [0.4, 0.5) is 11.8 Å². The standard InChI is InChI=1S/C22H33N7O2S/c1-14(2)18(13-31-4)24-20-19-17(5-10-32(19)30)25-22(26-20)28-8-6-27(7-9-28)21-16-11-23-15(3)29(21)12-16/h11,14,18,21H,5-10,12-13H2,1-4H3,(H,24,25,26). The second-order valence-electron chi connectivity index (χ2n) is 9.30. The number of amidine groups is 1. The minimum absolute atomic E-state index is 0.103. The lowest BCUT2D eigenvalue weighted by atomic mass is 9.99. The predicted octanol–water partition coefficient (Wildman–Crippen LogP) is 1.30. The third-order valence-corrected chi connectivity index (χ3v) is 8.36. The number of piperazine rings is 1. The fourth-order valence-electron chi connectivity index (χ4n) is 4.88. The maximum atomic E-state index is 12.7. The number of nitrogens with zero attached hydrogens (tertiary/aromatic N) is 6. The van der Waals surface area contributed by atoms with Crippen molar-refractivity contribution in [3.8, 4) is 0 Å². The molecule has 0 saturated carbocycles. The molecule has 10 heteroatoms. The summed E-state index contributed by atoms with van der Waals surface area (Å²) in [4.78, 5) is 22.1. The van der Waals surface area contributed by atoms with E-state index in [0.29, 0.717) is 24.4 Å². The van der Waals surface area contributed by atoms with Crippen molar-refractivity contribution < 1.29 is 9.29 Å². The highest BCUT2D eigenvalue weighted by atomic mass is 32.2. The zero-order valence-electron chi connectivity index (χ0n) is 19.4. The molecule has 0 amide bonds. The summed E-state index contributed by atoms with van der Waals surface area (Å²) in [6.45, 7) is 11.7. The van der Waals surface area contributed by atoms with Crippen LogP contribution in [0.1, 0.15) is 26.5 Å². The van der Waals surface area contributed by atoms with E-state index < -0.39 is 11.2 Å². The van der Waals surface area contributed by atoms with Crippen molar-refractivity contribution in [2.45, 2.75) is 44.3 Å². The van der Waals surface area contributed by atoms with Crippen molar-refractivity contribution in [3.63, 3.8) is 0 Å². The quantitative estimate of drug-likeness (QED) is 0.610. The number of rotatable bonds is 7. The van der Waals surface area contributed by atoms with Crippen LogP contribution in [-0.4, -0.2) is 94.6 Å². The summed E-state index contributed by atoms with van der Waals surface area (Å²) in [6.07, 6.45) is 3.15. The summed E-state index contributed by atoms with van der Waals surface area (Å²) in [5.41, 5.74) is 2.33. The first-order valence-electron chi connectivity index (χ1n) is 11.5. The Kier molecular flexibility index (Phi) is 6.04. The van der Waals surface area contributed by atoms with E-state index in [0.717, 1.165) is 67.3 Å². The molecule has 9 nitrogen and oxygen atoms in total. The smallest absolute Gasteiger partial charge is 0.227 e. The van der Waals surface area contributed by atoms with Crippen molar-refractivity contribution >= 4 is 28.8 Å². The van der Waals surface area contributed by atoms with Crippen LogP contribution in [0.25, 0.3) is 0 Å². The Hall–Kier alpha value is -1.88. The Morgan fingerprint density at radius 1 is 1.25 bits per heavy atom. The third-order valence-electron chi connectivity index (χ3n) is 6.90. The zero-order chi connectivity index (χ0) is 22.4. The molecular weight excluding hydrogens is 426 g/mol. The van der Waals surface area contributed by atoms with Gasteiger partial charge in [-0.2, -0.15) is 4.98 Å². The lowest BCUT2D eigenvalue weighted by Crippen LogP contribution is -2.65. The molecular formula is C22H33N7O2S. The van der Waals surface area contributed by atoms with Crippen LogP contribution in [0, 0.1) is 5.92 Å². The SMILES string of the molecule is COCC(Nc1nc(N2CCN(C3C4=CN=C(C)N3C4)CC2)nc2c1[S+]([O-])CC2)C(C)C. The normalized spacial score (nSPS) is 25.9. The molecule has 5 heterocycles. The molecule has 174 valence electrons. The highest BCUT2D eigenvalue weighted by Gasteiger charge is 2.42. The van der Waals surface area contributed by atoms with Gasteiger partial charge in [-0.05, 0) is 24.0 Å².